The van der Waals surface area contributed by atoms with Gasteiger partial charge in [0.05, 0.1) is 6.54 Å². The molecule has 3 nitrogen and oxygen atoms in total. The first-order valence-electron chi connectivity index (χ1n) is 6.74. The Morgan fingerprint density at radius 2 is 1.75 bits per heavy atom. The fourth-order valence-electron chi connectivity index (χ4n) is 1.68. The van der Waals surface area contributed by atoms with E-state index in [1.54, 1.807) is 0 Å². The van der Waals surface area contributed by atoms with Crippen molar-refractivity contribution in [2.45, 2.75) is 0 Å². The maximum Gasteiger partial charge on any atom is 0.252 e. The Morgan fingerprint density at radius 3 is 2.46 bits per heavy atom. The Hall–Kier alpha value is -3.01. The minimum Gasteiger partial charge on any atom is -0.478 e. The Bertz CT molecular complexity index is 812. The minimum absolute atomic E-state index is 0.0414. The smallest absolute Gasteiger partial charge is 0.252 e. The molecular formula is C17H11F4NO2. The Labute approximate surface area is 135 Å². The summed E-state index contributed by atoms with van der Waals surface area (Å²) in [4.78, 5) is 11.7. The quantitative estimate of drug-likeness (QED) is 0.688. The van der Waals surface area contributed by atoms with E-state index in [0.717, 1.165) is 30.3 Å². The number of benzene rings is 2. The molecule has 7 heteroatoms. The van der Waals surface area contributed by atoms with E-state index < -0.39 is 29.2 Å². The molecule has 1 N–H and O–H groups in total. The summed E-state index contributed by atoms with van der Waals surface area (Å²) in [6, 6.07) is 5.64. The van der Waals surface area contributed by atoms with Crippen LogP contribution in [0.5, 0.6) is 5.75 Å². The number of carbonyl (C=O) groups excluding carboxylic acids is 1. The SMILES string of the molecule is O=C(NCC#CCOc1ccc(F)cc1F)c1ccc(F)c(F)c1. The molecule has 0 aliphatic rings. The predicted octanol–water partition coefficient (Wildman–Crippen LogP) is 3.06. The van der Waals surface area contributed by atoms with Crippen LogP contribution in [-0.4, -0.2) is 19.1 Å². The largest absolute Gasteiger partial charge is 0.478 e. The number of hydrogen-bond donors (Lipinski definition) is 1. The van der Waals surface area contributed by atoms with Crippen molar-refractivity contribution in [1.82, 2.24) is 5.32 Å². The maximum absolute atomic E-state index is 13.3. The van der Waals surface area contributed by atoms with Crippen molar-refractivity contribution in [3.63, 3.8) is 0 Å². The zero-order valence-corrected chi connectivity index (χ0v) is 12.2. The molecule has 2 aromatic rings. The standard InChI is InChI=1S/C17H11F4NO2/c18-12-4-6-16(15(21)10-12)24-8-2-1-7-22-17(23)11-3-5-13(19)14(20)9-11/h3-6,9-10H,7-8H2,(H,22,23). The highest BCUT2D eigenvalue weighted by molar-refractivity contribution is 5.94. The van der Waals surface area contributed by atoms with Crippen LogP contribution in [-0.2, 0) is 0 Å². The fourth-order valence-corrected chi connectivity index (χ4v) is 1.68. The van der Waals surface area contributed by atoms with Gasteiger partial charge in [-0.2, -0.15) is 0 Å². The highest BCUT2D eigenvalue weighted by atomic mass is 19.2. The van der Waals surface area contributed by atoms with E-state index in [0.29, 0.717) is 6.07 Å². The summed E-state index contributed by atoms with van der Waals surface area (Å²) in [5.41, 5.74) is -0.0414. The van der Waals surface area contributed by atoms with E-state index in [-0.39, 0.29) is 24.5 Å². The molecule has 124 valence electrons. The van der Waals surface area contributed by atoms with Gasteiger partial charge in [-0.3, -0.25) is 4.79 Å². The van der Waals surface area contributed by atoms with Crippen molar-refractivity contribution in [2.24, 2.45) is 0 Å². The molecule has 0 fully saturated rings. The first-order valence-corrected chi connectivity index (χ1v) is 6.74. The summed E-state index contributed by atoms with van der Waals surface area (Å²) in [5.74, 6) is 0.577. The van der Waals surface area contributed by atoms with E-state index in [2.05, 4.69) is 17.2 Å². The van der Waals surface area contributed by atoms with Gasteiger partial charge < -0.3 is 10.1 Å². The molecule has 24 heavy (non-hydrogen) atoms. The summed E-state index contributed by atoms with van der Waals surface area (Å²) in [6.07, 6.45) is 0. The molecule has 0 bridgehead atoms. The average molecular weight is 337 g/mol. The summed E-state index contributed by atoms with van der Waals surface area (Å²) in [7, 11) is 0. The van der Waals surface area contributed by atoms with Gasteiger partial charge in [-0.05, 0) is 30.3 Å². The van der Waals surface area contributed by atoms with Gasteiger partial charge in [0.25, 0.3) is 5.91 Å². The van der Waals surface area contributed by atoms with Crippen LogP contribution in [0.2, 0.25) is 0 Å². The number of amides is 1. The van der Waals surface area contributed by atoms with Gasteiger partial charge in [0.15, 0.2) is 23.2 Å². The second kappa shape index (κ2) is 8.02. The van der Waals surface area contributed by atoms with Crippen molar-refractivity contribution in [3.8, 4) is 17.6 Å². The monoisotopic (exact) mass is 337 g/mol. The van der Waals surface area contributed by atoms with Crippen LogP contribution in [0.25, 0.3) is 0 Å². The first-order chi connectivity index (χ1) is 11.5. The van der Waals surface area contributed by atoms with E-state index in [1.807, 2.05) is 0 Å². The van der Waals surface area contributed by atoms with E-state index in [9.17, 15) is 22.4 Å². The molecule has 0 aliphatic carbocycles. The Morgan fingerprint density at radius 1 is 0.958 bits per heavy atom. The van der Waals surface area contributed by atoms with Crippen molar-refractivity contribution in [2.75, 3.05) is 13.2 Å². The molecule has 2 rings (SSSR count). The van der Waals surface area contributed by atoms with Gasteiger partial charge in [-0.25, -0.2) is 17.6 Å². The number of carbonyl (C=O) groups is 1. The van der Waals surface area contributed by atoms with Crippen LogP contribution in [0.15, 0.2) is 36.4 Å². The van der Waals surface area contributed by atoms with E-state index in [4.69, 9.17) is 4.74 Å². The third-order valence-corrected chi connectivity index (χ3v) is 2.84. The lowest BCUT2D eigenvalue weighted by Gasteiger charge is -2.03. The lowest BCUT2D eigenvalue weighted by Crippen LogP contribution is -2.23. The molecule has 0 saturated heterocycles. The molecule has 0 atom stereocenters. The van der Waals surface area contributed by atoms with Crippen molar-refractivity contribution >= 4 is 5.91 Å². The third-order valence-electron chi connectivity index (χ3n) is 2.84. The molecule has 0 aromatic heterocycles. The maximum atomic E-state index is 13.3. The van der Waals surface area contributed by atoms with Gasteiger partial charge >= 0.3 is 0 Å². The Kier molecular flexibility index (Phi) is 5.79. The van der Waals surface area contributed by atoms with Crippen molar-refractivity contribution in [3.05, 3.63) is 65.2 Å². The highest BCUT2D eigenvalue weighted by Gasteiger charge is 2.08. The van der Waals surface area contributed by atoms with Gasteiger partial charge in [-0.1, -0.05) is 11.8 Å². The second-order valence-corrected chi connectivity index (χ2v) is 4.53. The van der Waals surface area contributed by atoms with Crippen LogP contribution >= 0.6 is 0 Å². The van der Waals surface area contributed by atoms with Crippen LogP contribution < -0.4 is 10.1 Å². The number of ether oxygens (including phenoxy) is 1. The van der Waals surface area contributed by atoms with Crippen LogP contribution in [0, 0.1) is 35.1 Å². The number of rotatable bonds is 4. The molecule has 0 heterocycles. The number of halogens is 4. The molecular weight excluding hydrogens is 326 g/mol. The van der Waals surface area contributed by atoms with Gasteiger partial charge in [0.1, 0.15) is 12.4 Å². The topological polar surface area (TPSA) is 38.3 Å². The molecule has 2 aromatic carbocycles. The van der Waals surface area contributed by atoms with Crippen LogP contribution in [0.1, 0.15) is 10.4 Å². The molecule has 0 aliphatic heterocycles. The van der Waals surface area contributed by atoms with Crippen molar-refractivity contribution < 1.29 is 27.1 Å². The highest BCUT2D eigenvalue weighted by Crippen LogP contribution is 2.17. The lowest BCUT2D eigenvalue weighted by molar-refractivity contribution is 0.0958. The predicted molar refractivity (Wildman–Crippen MR) is 78.3 cm³/mol. The average Bonchev–Trinajstić information content (AvgIpc) is 2.54. The van der Waals surface area contributed by atoms with Gasteiger partial charge in [0, 0.05) is 11.6 Å². The van der Waals surface area contributed by atoms with Crippen molar-refractivity contribution in [1.29, 1.82) is 0 Å². The van der Waals surface area contributed by atoms with Crippen LogP contribution in [0.4, 0.5) is 17.6 Å². The minimum atomic E-state index is -1.12. The zero-order chi connectivity index (χ0) is 17.5. The number of hydrogen-bond acceptors (Lipinski definition) is 2. The molecule has 0 unspecified atom stereocenters. The summed E-state index contributed by atoms with van der Waals surface area (Å²) in [6.45, 7) is -0.226. The second-order valence-electron chi connectivity index (χ2n) is 4.53. The molecule has 1 amide bonds. The van der Waals surface area contributed by atoms with E-state index in [1.165, 1.54) is 0 Å². The van der Waals surface area contributed by atoms with Gasteiger partial charge in [-0.15, -0.1) is 0 Å². The zero-order valence-electron chi connectivity index (χ0n) is 12.2. The summed E-state index contributed by atoms with van der Waals surface area (Å²) in [5, 5.41) is 2.38. The number of nitrogens with one attached hydrogen (secondary N) is 1. The normalized spacial score (nSPS) is 9.83. The van der Waals surface area contributed by atoms with Crippen LogP contribution in [0.3, 0.4) is 0 Å². The fraction of sp³-hybridized carbons (Fsp3) is 0.118. The molecule has 0 radical (unpaired) electrons. The van der Waals surface area contributed by atoms with Gasteiger partial charge in [0.2, 0.25) is 0 Å². The molecule has 0 spiro atoms. The summed E-state index contributed by atoms with van der Waals surface area (Å²) < 4.78 is 56.7. The lowest BCUT2D eigenvalue weighted by atomic mass is 10.2. The Balaban J connectivity index is 1.79. The first kappa shape index (κ1) is 17.3. The third kappa shape index (κ3) is 4.74. The van der Waals surface area contributed by atoms with E-state index >= 15 is 0 Å². The molecule has 0 saturated carbocycles. The summed E-state index contributed by atoms with van der Waals surface area (Å²) >= 11 is 0.